The number of hydrogen-bond acceptors (Lipinski definition) is 8. The van der Waals surface area contributed by atoms with Crippen LogP contribution in [0.3, 0.4) is 0 Å². The van der Waals surface area contributed by atoms with Crippen molar-refractivity contribution in [2.24, 2.45) is 0 Å². The summed E-state index contributed by atoms with van der Waals surface area (Å²) >= 11 is 0. The van der Waals surface area contributed by atoms with E-state index in [4.69, 9.17) is 4.74 Å². The van der Waals surface area contributed by atoms with Gasteiger partial charge in [-0.2, -0.15) is 0 Å². The molecule has 2 aromatic carbocycles. The molecule has 0 saturated carbocycles. The summed E-state index contributed by atoms with van der Waals surface area (Å²) in [5, 5.41) is 24.3. The van der Waals surface area contributed by atoms with Crippen molar-refractivity contribution >= 4 is 11.6 Å². The maximum Gasteiger partial charge on any atom is 0.251 e. The van der Waals surface area contributed by atoms with Gasteiger partial charge in [-0.1, -0.05) is 24.3 Å². The highest BCUT2D eigenvalue weighted by atomic mass is 16.5. The molecule has 0 bridgehead atoms. The maximum atomic E-state index is 12.8. The van der Waals surface area contributed by atoms with Crippen molar-refractivity contribution in [3.05, 3.63) is 83.6 Å². The standard InChI is InChI=1S/C26H27N7O3/c34-12-3-11-33-23(31-32-25(33)22-8-10-27-17-30-22)16-28-21-7-2-5-19(14-21)26(35)29-15-20-6-1-4-18-9-13-36-24(18)20/h1-2,4-8,10,14,17,28,34H,3,9,11-13,15-16H2,(H,29,35). The fraction of sp³-hybridized carbons (Fsp3) is 0.269. The van der Waals surface area contributed by atoms with Crippen LogP contribution in [-0.2, 0) is 26.1 Å². The van der Waals surface area contributed by atoms with E-state index in [1.54, 1.807) is 24.4 Å². The third-order valence-corrected chi connectivity index (χ3v) is 5.99. The van der Waals surface area contributed by atoms with Crippen LogP contribution in [0.1, 0.15) is 33.7 Å². The highest BCUT2D eigenvalue weighted by Gasteiger charge is 2.17. The Labute approximate surface area is 208 Å². The Morgan fingerprint density at radius 3 is 2.89 bits per heavy atom. The molecule has 0 atom stereocenters. The summed E-state index contributed by atoms with van der Waals surface area (Å²) in [4.78, 5) is 21.1. The number of rotatable bonds is 10. The Morgan fingerprint density at radius 1 is 1.11 bits per heavy atom. The minimum atomic E-state index is -0.161. The minimum Gasteiger partial charge on any atom is -0.493 e. The lowest BCUT2D eigenvalue weighted by Crippen LogP contribution is -2.23. The molecular formula is C26H27N7O3. The van der Waals surface area contributed by atoms with Crippen LogP contribution in [0.5, 0.6) is 5.75 Å². The van der Waals surface area contributed by atoms with E-state index in [0.29, 0.717) is 55.6 Å². The summed E-state index contributed by atoms with van der Waals surface area (Å²) in [5.41, 5.74) is 4.16. The Hall–Kier alpha value is -4.31. The molecule has 3 N–H and O–H groups in total. The number of fused-ring (bicyclic) bond motifs is 1. The monoisotopic (exact) mass is 485 g/mol. The molecule has 184 valence electrons. The van der Waals surface area contributed by atoms with Crippen molar-refractivity contribution in [2.75, 3.05) is 18.5 Å². The third-order valence-electron chi connectivity index (χ3n) is 5.99. The van der Waals surface area contributed by atoms with Crippen LogP contribution in [0, 0.1) is 0 Å². The highest BCUT2D eigenvalue weighted by molar-refractivity contribution is 5.95. The van der Waals surface area contributed by atoms with E-state index >= 15 is 0 Å². The molecule has 0 radical (unpaired) electrons. The second-order valence-electron chi connectivity index (χ2n) is 8.38. The smallest absolute Gasteiger partial charge is 0.251 e. The van der Waals surface area contributed by atoms with Crippen LogP contribution in [0.4, 0.5) is 5.69 Å². The molecule has 1 aliphatic rings. The normalized spacial score (nSPS) is 12.1. The quantitative estimate of drug-likeness (QED) is 0.313. The molecule has 0 aliphatic carbocycles. The van der Waals surface area contributed by atoms with Gasteiger partial charge in [-0.25, -0.2) is 9.97 Å². The zero-order valence-electron chi connectivity index (χ0n) is 19.7. The van der Waals surface area contributed by atoms with Gasteiger partial charge in [0.1, 0.15) is 17.8 Å². The number of benzene rings is 2. The topological polar surface area (TPSA) is 127 Å². The second-order valence-corrected chi connectivity index (χ2v) is 8.38. The van der Waals surface area contributed by atoms with E-state index in [9.17, 15) is 9.90 Å². The van der Waals surface area contributed by atoms with Crippen molar-refractivity contribution in [1.29, 1.82) is 0 Å². The first kappa shape index (κ1) is 23.4. The Bertz CT molecular complexity index is 1340. The van der Waals surface area contributed by atoms with Crippen LogP contribution < -0.4 is 15.4 Å². The molecule has 10 nitrogen and oxygen atoms in total. The molecule has 0 fully saturated rings. The number of para-hydroxylation sites is 1. The van der Waals surface area contributed by atoms with Gasteiger partial charge in [-0.3, -0.25) is 4.79 Å². The molecule has 5 rings (SSSR count). The lowest BCUT2D eigenvalue weighted by molar-refractivity contribution is 0.0950. The van der Waals surface area contributed by atoms with E-state index in [-0.39, 0.29) is 12.5 Å². The number of aromatic nitrogens is 5. The van der Waals surface area contributed by atoms with Gasteiger partial charge in [0, 0.05) is 49.1 Å². The number of amides is 1. The highest BCUT2D eigenvalue weighted by Crippen LogP contribution is 2.29. The molecule has 3 heterocycles. The van der Waals surface area contributed by atoms with Gasteiger partial charge in [0.15, 0.2) is 11.6 Å². The molecule has 0 spiro atoms. The van der Waals surface area contributed by atoms with E-state index < -0.39 is 0 Å². The van der Waals surface area contributed by atoms with Crippen molar-refractivity contribution in [3.8, 4) is 17.3 Å². The number of aliphatic hydroxyl groups is 1. The van der Waals surface area contributed by atoms with Crippen LogP contribution in [0.25, 0.3) is 11.5 Å². The van der Waals surface area contributed by atoms with E-state index in [0.717, 1.165) is 23.4 Å². The van der Waals surface area contributed by atoms with Gasteiger partial charge in [-0.15, -0.1) is 10.2 Å². The Kier molecular flexibility index (Phi) is 7.13. The molecule has 1 aliphatic heterocycles. The number of nitrogens with one attached hydrogen (secondary N) is 2. The zero-order chi connectivity index (χ0) is 24.7. The van der Waals surface area contributed by atoms with Gasteiger partial charge in [0.05, 0.1) is 13.2 Å². The third kappa shape index (κ3) is 5.18. The van der Waals surface area contributed by atoms with E-state index in [1.165, 1.54) is 11.9 Å². The number of hydrogen-bond donors (Lipinski definition) is 3. The summed E-state index contributed by atoms with van der Waals surface area (Å²) < 4.78 is 7.66. The van der Waals surface area contributed by atoms with Crippen LogP contribution in [0.2, 0.25) is 0 Å². The molecule has 2 aromatic heterocycles. The summed E-state index contributed by atoms with van der Waals surface area (Å²) in [6, 6.07) is 15.1. The Balaban J connectivity index is 1.25. The lowest BCUT2D eigenvalue weighted by Gasteiger charge is -2.12. The summed E-state index contributed by atoms with van der Waals surface area (Å²) in [5.74, 6) is 2.04. The molecule has 0 saturated heterocycles. The molecule has 0 unspecified atom stereocenters. The van der Waals surface area contributed by atoms with Crippen molar-refractivity contribution in [2.45, 2.75) is 32.5 Å². The van der Waals surface area contributed by atoms with Crippen molar-refractivity contribution in [1.82, 2.24) is 30.0 Å². The zero-order valence-corrected chi connectivity index (χ0v) is 19.7. The first-order chi connectivity index (χ1) is 17.7. The van der Waals surface area contributed by atoms with Crippen LogP contribution in [-0.4, -0.2) is 49.0 Å². The predicted octanol–water partition coefficient (Wildman–Crippen LogP) is 2.59. The van der Waals surface area contributed by atoms with Crippen molar-refractivity contribution in [3.63, 3.8) is 0 Å². The summed E-state index contributed by atoms with van der Waals surface area (Å²) in [6.45, 7) is 2.09. The van der Waals surface area contributed by atoms with Gasteiger partial charge >= 0.3 is 0 Å². The predicted molar refractivity (Wildman–Crippen MR) is 133 cm³/mol. The molecule has 36 heavy (non-hydrogen) atoms. The van der Waals surface area contributed by atoms with Gasteiger partial charge in [-0.05, 0) is 36.2 Å². The largest absolute Gasteiger partial charge is 0.493 e. The molecular weight excluding hydrogens is 458 g/mol. The van der Waals surface area contributed by atoms with Crippen LogP contribution in [0.15, 0.2) is 61.1 Å². The van der Waals surface area contributed by atoms with Crippen LogP contribution >= 0.6 is 0 Å². The fourth-order valence-corrected chi connectivity index (χ4v) is 4.19. The number of nitrogens with zero attached hydrogens (tertiary/aromatic N) is 5. The fourth-order valence-electron chi connectivity index (χ4n) is 4.19. The Morgan fingerprint density at radius 2 is 2.03 bits per heavy atom. The van der Waals surface area contributed by atoms with Crippen molar-refractivity contribution < 1.29 is 14.6 Å². The lowest BCUT2D eigenvalue weighted by atomic mass is 10.1. The summed E-state index contributed by atoms with van der Waals surface area (Å²) in [6.07, 6.45) is 4.58. The molecule has 10 heteroatoms. The number of carbonyl (C=O) groups is 1. The molecule has 1 amide bonds. The molecule has 4 aromatic rings. The minimum absolute atomic E-state index is 0.0589. The number of anilines is 1. The average Bonchev–Trinajstić information content (AvgIpc) is 3.57. The van der Waals surface area contributed by atoms with Gasteiger partial charge < -0.3 is 25.0 Å². The van der Waals surface area contributed by atoms with Gasteiger partial charge in [0.25, 0.3) is 5.91 Å². The SMILES string of the molecule is O=C(NCc1cccc2c1OCC2)c1cccc(NCc2nnc(-c3ccncn3)n2CCCO)c1. The first-order valence-corrected chi connectivity index (χ1v) is 11.9. The number of ether oxygens (including phenoxy) is 1. The number of carbonyl (C=O) groups excluding carboxylic acids is 1. The average molecular weight is 486 g/mol. The summed E-state index contributed by atoms with van der Waals surface area (Å²) in [7, 11) is 0. The van der Waals surface area contributed by atoms with E-state index in [2.05, 4.69) is 36.9 Å². The number of aliphatic hydroxyl groups excluding tert-OH is 1. The maximum absolute atomic E-state index is 12.8. The second kappa shape index (κ2) is 11.0. The first-order valence-electron chi connectivity index (χ1n) is 11.9. The van der Waals surface area contributed by atoms with Gasteiger partial charge in [0.2, 0.25) is 0 Å². The van der Waals surface area contributed by atoms with E-state index in [1.807, 2.05) is 28.8 Å².